The fourth-order valence-corrected chi connectivity index (χ4v) is 2.63. The predicted octanol–water partition coefficient (Wildman–Crippen LogP) is 2.09. The Morgan fingerprint density at radius 1 is 1.37 bits per heavy atom. The van der Waals surface area contributed by atoms with Crippen LogP contribution < -0.4 is 0 Å². The summed E-state index contributed by atoms with van der Waals surface area (Å²) in [6.07, 6.45) is -0.513. The van der Waals surface area contributed by atoms with E-state index in [2.05, 4.69) is 15.9 Å². The highest BCUT2D eigenvalue weighted by molar-refractivity contribution is 9.09. The molecule has 1 heterocycles. The van der Waals surface area contributed by atoms with Crippen LogP contribution >= 0.6 is 15.9 Å². The molecule has 0 saturated carbocycles. The Morgan fingerprint density at radius 2 is 2.11 bits per heavy atom. The van der Waals surface area contributed by atoms with Gasteiger partial charge in [-0.25, -0.2) is 0 Å². The Hall–Kier alpha value is -0.460. The fourth-order valence-electron chi connectivity index (χ4n) is 2.08. The van der Waals surface area contributed by atoms with Crippen LogP contribution in [0, 0.1) is 0 Å². The number of methoxy groups -OCH3 is 1. The Kier molecular flexibility index (Phi) is 5.78. The van der Waals surface area contributed by atoms with Crippen LogP contribution in [0.3, 0.4) is 0 Å². The van der Waals surface area contributed by atoms with Gasteiger partial charge in [-0.05, 0) is 5.56 Å². The Morgan fingerprint density at radius 3 is 2.79 bits per heavy atom. The van der Waals surface area contributed by atoms with Gasteiger partial charge in [0.2, 0.25) is 0 Å². The first kappa shape index (κ1) is 14.9. The topological polar surface area (TPSA) is 47.9 Å². The predicted molar refractivity (Wildman–Crippen MR) is 75.1 cm³/mol. The average molecular weight is 331 g/mol. The molecule has 0 spiro atoms. The number of rotatable bonds is 5. The SMILES string of the molecule is CO[C@@H]1O[C@@H](COCc2ccccc2)C[C@H](O)[C@H]1Br. The van der Waals surface area contributed by atoms with E-state index in [0.29, 0.717) is 19.6 Å². The minimum atomic E-state index is -0.482. The lowest BCUT2D eigenvalue weighted by Crippen LogP contribution is -2.47. The lowest BCUT2D eigenvalue weighted by Gasteiger charge is -2.36. The molecule has 0 unspecified atom stereocenters. The summed E-state index contributed by atoms with van der Waals surface area (Å²) in [5.74, 6) is 0. The van der Waals surface area contributed by atoms with E-state index in [4.69, 9.17) is 14.2 Å². The van der Waals surface area contributed by atoms with Crippen molar-refractivity contribution in [2.24, 2.45) is 0 Å². The van der Waals surface area contributed by atoms with E-state index in [1.54, 1.807) is 7.11 Å². The van der Waals surface area contributed by atoms with E-state index in [9.17, 15) is 5.11 Å². The molecular formula is C14H19BrO4. The number of aliphatic hydroxyl groups is 1. The van der Waals surface area contributed by atoms with Gasteiger partial charge in [0.1, 0.15) is 0 Å². The molecule has 1 aliphatic rings. The molecule has 4 nitrogen and oxygen atoms in total. The summed E-state index contributed by atoms with van der Waals surface area (Å²) in [6.45, 7) is 0.998. The summed E-state index contributed by atoms with van der Waals surface area (Å²) in [4.78, 5) is -0.192. The van der Waals surface area contributed by atoms with Crippen LogP contribution in [0.4, 0.5) is 0 Å². The van der Waals surface area contributed by atoms with Gasteiger partial charge in [-0.2, -0.15) is 0 Å². The number of alkyl halides is 1. The van der Waals surface area contributed by atoms with Crippen LogP contribution in [-0.2, 0) is 20.8 Å². The highest BCUT2D eigenvalue weighted by Crippen LogP contribution is 2.26. The number of hydrogen-bond acceptors (Lipinski definition) is 4. The zero-order valence-corrected chi connectivity index (χ0v) is 12.5. The molecule has 19 heavy (non-hydrogen) atoms. The zero-order valence-electron chi connectivity index (χ0n) is 10.9. The Balaban J connectivity index is 1.77. The van der Waals surface area contributed by atoms with E-state index < -0.39 is 12.4 Å². The van der Waals surface area contributed by atoms with Crippen molar-refractivity contribution in [1.29, 1.82) is 0 Å². The number of benzene rings is 1. The third-order valence-corrected chi connectivity index (χ3v) is 4.15. The lowest BCUT2D eigenvalue weighted by atomic mass is 10.1. The molecule has 1 N–H and O–H groups in total. The second-order valence-corrected chi connectivity index (χ2v) is 5.67. The molecule has 0 aliphatic carbocycles. The molecule has 0 bridgehead atoms. The molecule has 1 aromatic rings. The van der Waals surface area contributed by atoms with Crippen LogP contribution in [0.15, 0.2) is 30.3 Å². The van der Waals surface area contributed by atoms with Gasteiger partial charge < -0.3 is 19.3 Å². The standard InChI is InChI=1S/C14H19BrO4/c1-17-14-13(15)12(16)7-11(19-14)9-18-8-10-5-3-2-4-6-10/h2-6,11-14,16H,7-9H2,1H3/t11-,12+,13-,14-/m1/s1. The van der Waals surface area contributed by atoms with Crippen LogP contribution in [0.2, 0.25) is 0 Å². The maximum Gasteiger partial charge on any atom is 0.172 e. The quantitative estimate of drug-likeness (QED) is 0.840. The van der Waals surface area contributed by atoms with Gasteiger partial charge in [0.15, 0.2) is 6.29 Å². The lowest BCUT2D eigenvalue weighted by molar-refractivity contribution is -0.209. The molecule has 0 radical (unpaired) electrons. The summed E-state index contributed by atoms with van der Waals surface area (Å²) in [5.41, 5.74) is 1.13. The summed E-state index contributed by atoms with van der Waals surface area (Å²) < 4.78 is 16.5. The van der Waals surface area contributed by atoms with Gasteiger partial charge in [-0.15, -0.1) is 0 Å². The molecular weight excluding hydrogens is 312 g/mol. The Labute approximate surface area is 121 Å². The summed E-state index contributed by atoms with van der Waals surface area (Å²) in [7, 11) is 1.57. The maximum absolute atomic E-state index is 9.90. The molecule has 0 aromatic heterocycles. The molecule has 2 rings (SSSR count). The van der Waals surface area contributed by atoms with Crippen molar-refractivity contribution in [1.82, 2.24) is 0 Å². The Bertz CT molecular complexity index is 373. The van der Waals surface area contributed by atoms with Crippen molar-refractivity contribution in [3.05, 3.63) is 35.9 Å². The van der Waals surface area contributed by atoms with E-state index in [-0.39, 0.29) is 10.9 Å². The molecule has 1 aliphatic heterocycles. The zero-order chi connectivity index (χ0) is 13.7. The van der Waals surface area contributed by atoms with Crippen molar-refractivity contribution >= 4 is 15.9 Å². The minimum absolute atomic E-state index is 0.141. The summed E-state index contributed by atoms with van der Waals surface area (Å²) in [6, 6.07) is 9.97. The van der Waals surface area contributed by atoms with Crippen LogP contribution in [0.25, 0.3) is 0 Å². The largest absolute Gasteiger partial charge is 0.392 e. The molecule has 5 heteroatoms. The van der Waals surface area contributed by atoms with Crippen LogP contribution in [-0.4, -0.2) is 42.1 Å². The highest BCUT2D eigenvalue weighted by atomic mass is 79.9. The van der Waals surface area contributed by atoms with Crippen molar-refractivity contribution in [2.45, 2.75) is 36.4 Å². The number of ether oxygens (including phenoxy) is 3. The first-order valence-corrected chi connectivity index (χ1v) is 7.24. The van der Waals surface area contributed by atoms with Gasteiger partial charge >= 0.3 is 0 Å². The third-order valence-electron chi connectivity index (χ3n) is 3.11. The number of aliphatic hydroxyl groups excluding tert-OH is 1. The number of halogens is 1. The van der Waals surface area contributed by atoms with Crippen LogP contribution in [0.5, 0.6) is 0 Å². The average Bonchev–Trinajstić information content (AvgIpc) is 2.43. The second kappa shape index (κ2) is 7.36. The summed E-state index contributed by atoms with van der Waals surface area (Å²) >= 11 is 3.37. The molecule has 0 amide bonds. The van der Waals surface area contributed by atoms with Gasteiger partial charge in [-0.1, -0.05) is 46.3 Å². The molecule has 106 valence electrons. The molecule has 1 saturated heterocycles. The van der Waals surface area contributed by atoms with Crippen LogP contribution in [0.1, 0.15) is 12.0 Å². The van der Waals surface area contributed by atoms with E-state index in [0.717, 1.165) is 5.56 Å². The van der Waals surface area contributed by atoms with E-state index in [1.165, 1.54) is 0 Å². The van der Waals surface area contributed by atoms with E-state index >= 15 is 0 Å². The monoisotopic (exact) mass is 330 g/mol. The van der Waals surface area contributed by atoms with Crippen molar-refractivity contribution in [2.75, 3.05) is 13.7 Å². The van der Waals surface area contributed by atoms with Crippen molar-refractivity contribution in [3.8, 4) is 0 Å². The van der Waals surface area contributed by atoms with Crippen molar-refractivity contribution < 1.29 is 19.3 Å². The third kappa shape index (κ3) is 4.26. The first-order valence-electron chi connectivity index (χ1n) is 6.32. The highest BCUT2D eigenvalue weighted by Gasteiger charge is 2.36. The second-order valence-electron chi connectivity index (χ2n) is 4.61. The first-order chi connectivity index (χ1) is 9.20. The van der Waals surface area contributed by atoms with Gasteiger partial charge in [-0.3, -0.25) is 0 Å². The molecule has 1 fully saturated rings. The van der Waals surface area contributed by atoms with Gasteiger partial charge in [0.25, 0.3) is 0 Å². The normalized spacial score (nSPS) is 31.3. The number of hydrogen-bond donors (Lipinski definition) is 1. The molecule has 1 aromatic carbocycles. The van der Waals surface area contributed by atoms with Crippen molar-refractivity contribution in [3.63, 3.8) is 0 Å². The smallest absolute Gasteiger partial charge is 0.172 e. The summed E-state index contributed by atoms with van der Waals surface area (Å²) in [5, 5.41) is 9.90. The van der Waals surface area contributed by atoms with Gasteiger partial charge in [0, 0.05) is 13.5 Å². The molecule has 4 atom stereocenters. The maximum atomic E-state index is 9.90. The van der Waals surface area contributed by atoms with E-state index in [1.807, 2.05) is 30.3 Å². The minimum Gasteiger partial charge on any atom is -0.392 e. The fraction of sp³-hybridized carbons (Fsp3) is 0.571. The van der Waals surface area contributed by atoms with Gasteiger partial charge in [0.05, 0.1) is 30.2 Å².